The molecule has 0 bridgehead atoms. The zero-order chi connectivity index (χ0) is 13.6. The fraction of sp³-hybridized carbons (Fsp3) is 0.643. The van der Waals surface area contributed by atoms with Gasteiger partial charge in [0.25, 0.3) is 0 Å². The van der Waals surface area contributed by atoms with Crippen LogP contribution >= 0.6 is 11.3 Å². The Kier molecular flexibility index (Phi) is 5.99. The van der Waals surface area contributed by atoms with E-state index in [1.807, 2.05) is 0 Å². The summed E-state index contributed by atoms with van der Waals surface area (Å²) < 4.78 is 5.22. The van der Waals surface area contributed by atoms with Gasteiger partial charge in [0.05, 0.1) is 12.3 Å². The van der Waals surface area contributed by atoms with Gasteiger partial charge in [-0.15, -0.1) is 11.3 Å². The van der Waals surface area contributed by atoms with Crippen LogP contribution < -0.4 is 5.73 Å². The lowest BCUT2D eigenvalue weighted by Gasteiger charge is -2.14. The van der Waals surface area contributed by atoms with Crippen molar-refractivity contribution in [3.63, 3.8) is 0 Å². The second kappa shape index (κ2) is 7.02. The van der Waals surface area contributed by atoms with E-state index >= 15 is 0 Å². The first-order chi connectivity index (χ1) is 8.47. The number of nitrogens with two attached hydrogens (primary N) is 1. The maximum atomic E-state index is 5.55. The number of rotatable bonds is 6. The zero-order valence-corrected chi connectivity index (χ0v) is 12.6. The van der Waals surface area contributed by atoms with Crippen LogP contribution in [0.4, 0.5) is 0 Å². The molecule has 0 spiro atoms. The third kappa shape index (κ3) is 4.88. The van der Waals surface area contributed by atoms with Gasteiger partial charge in [0.1, 0.15) is 5.01 Å². The van der Waals surface area contributed by atoms with Crippen LogP contribution in [0.1, 0.15) is 44.3 Å². The SMILES string of the molecule is COCC(=Cc1nc(C(C)(C)C)cs1)CCCN. The Hall–Kier alpha value is -0.710. The molecule has 0 fully saturated rings. The Morgan fingerprint density at radius 1 is 1.50 bits per heavy atom. The number of ether oxygens (including phenoxy) is 1. The van der Waals surface area contributed by atoms with Crippen molar-refractivity contribution in [2.24, 2.45) is 5.73 Å². The molecule has 0 radical (unpaired) electrons. The summed E-state index contributed by atoms with van der Waals surface area (Å²) in [6.07, 6.45) is 4.11. The lowest BCUT2D eigenvalue weighted by Crippen LogP contribution is -2.11. The molecule has 0 atom stereocenters. The highest BCUT2D eigenvalue weighted by Crippen LogP contribution is 2.25. The second-order valence-electron chi connectivity index (χ2n) is 5.45. The normalized spacial score (nSPS) is 13.1. The summed E-state index contributed by atoms with van der Waals surface area (Å²) in [5, 5.41) is 3.20. The standard InChI is InChI=1S/C14H24N2OS/c1-14(2,3)12-10-18-13(16-12)8-11(9-17-4)6-5-7-15/h8,10H,5-7,9,15H2,1-4H3. The van der Waals surface area contributed by atoms with Crippen LogP contribution in [0.5, 0.6) is 0 Å². The highest BCUT2D eigenvalue weighted by molar-refractivity contribution is 7.10. The average Bonchev–Trinajstić information content (AvgIpc) is 2.74. The molecule has 0 aliphatic carbocycles. The van der Waals surface area contributed by atoms with Crippen LogP contribution in [0, 0.1) is 0 Å². The second-order valence-corrected chi connectivity index (χ2v) is 6.34. The number of thiazole rings is 1. The molecule has 102 valence electrons. The topological polar surface area (TPSA) is 48.1 Å². The van der Waals surface area contributed by atoms with Gasteiger partial charge in [-0.3, -0.25) is 0 Å². The largest absolute Gasteiger partial charge is 0.380 e. The molecule has 0 aliphatic rings. The van der Waals surface area contributed by atoms with Crippen molar-refractivity contribution in [3.05, 3.63) is 21.7 Å². The summed E-state index contributed by atoms with van der Waals surface area (Å²) >= 11 is 1.69. The van der Waals surface area contributed by atoms with Gasteiger partial charge in [-0.25, -0.2) is 4.98 Å². The lowest BCUT2D eigenvalue weighted by atomic mass is 9.93. The van der Waals surface area contributed by atoms with E-state index in [-0.39, 0.29) is 5.41 Å². The quantitative estimate of drug-likeness (QED) is 0.862. The van der Waals surface area contributed by atoms with E-state index in [2.05, 4.69) is 37.2 Å². The predicted octanol–water partition coefficient (Wildman–Crippen LogP) is 3.21. The summed E-state index contributed by atoms with van der Waals surface area (Å²) in [5.41, 5.74) is 8.07. The first kappa shape index (κ1) is 15.3. The van der Waals surface area contributed by atoms with Crippen molar-refractivity contribution in [1.82, 2.24) is 4.98 Å². The minimum absolute atomic E-state index is 0.112. The van der Waals surface area contributed by atoms with Crippen molar-refractivity contribution in [2.75, 3.05) is 20.3 Å². The summed E-state index contributed by atoms with van der Waals surface area (Å²) in [7, 11) is 1.72. The molecule has 0 aliphatic heterocycles. The van der Waals surface area contributed by atoms with E-state index in [0.29, 0.717) is 13.2 Å². The molecule has 0 aromatic carbocycles. The molecular formula is C14H24N2OS. The van der Waals surface area contributed by atoms with E-state index in [1.165, 1.54) is 5.57 Å². The molecule has 0 unspecified atom stereocenters. The maximum absolute atomic E-state index is 5.55. The lowest BCUT2D eigenvalue weighted by molar-refractivity contribution is 0.223. The third-order valence-corrected chi connectivity index (χ3v) is 3.44. The van der Waals surface area contributed by atoms with Gasteiger partial charge in [0.15, 0.2) is 0 Å². The minimum atomic E-state index is 0.112. The van der Waals surface area contributed by atoms with Crippen LogP contribution in [-0.4, -0.2) is 25.2 Å². The van der Waals surface area contributed by atoms with Crippen LogP contribution in [0.2, 0.25) is 0 Å². The highest BCUT2D eigenvalue weighted by Gasteiger charge is 2.16. The van der Waals surface area contributed by atoms with Crippen LogP contribution in [-0.2, 0) is 10.2 Å². The number of hydrogen-bond acceptors (Lipinski definition) is 4. The van der Waals surface area contributed by atoms with Crippen molar-refractivity contribution in [3.8, 4) is 0 Å². The number of aromatic nitrogens is 1. The van der Waals surface area contributed by atoms with Gasteiger partial charge in [-0.1, -0.05) is 20.8 Å². The molecule has 0 saturated heterocycles. The van der Waals surface area contributed by atoms with Crippen LogP contribution in [0.3, 0.4) is 0 Å². The molecule has 1 aromatic heterocycles. The summed E-state index contributed by atoms with van der Waals surface area (Å²) in [6.45, 7) is 7.91. The Bertz CT molecular complexity index is 391. The molecule has 4 heteroatoms. The average molecular weight is 268 g/mol. The zero-order valence-electron chi connectivity index (χ0n) is 11.8. The van der Waals surface area contributed by atoms with Crippen molar-refractivity contribution >= 4 is 17.4 Å². The molecule has 1 heterocycles. The van der Waals surface area contributed by atoms with Gasteiger partial charge >= 0.3 is 0 Å². The molecule has 0 amide bonds. The van der Waals surface area contributed by atoms with Gasteiger partial charge in [0.2, 0.25) is 0 Å². The Morgan fingerprint density at radius 3 is 2.72 bits per heavy atom. The predicted molar refractivity (Wildman–Crippen MR) is 79.0 cm³/mol. The van der Waals surface area contributed by atoms with Crippen molar-refractivity contribution in [2.45, 2.75) is 39.0 Å². The monoisotopic (exact) mass is 268 g/mol. The number of methoxy groups -OCH3 is 1. The molecule has 1 aromatic rings. The van der Waals surface area contributed by atoms with E-state index < -0.39 is 0 Å². The Morgan fingerprint density at radius 2 is 2.22 bits per heavy atom. The summed E-state index contributed by atoms with van der Waals surface area (Å²) in [5.74, 6) is 0. The molecule has 18 heavy (non-hydrogen) atoms. The number of nitrogens with zero attached hydrogens (tertiary/aromatic N) is 1. The van der Waals surface area contributed by atoms with Gasteiger partial charge < -0.3 is 10.5 Å². The number of hydrogen-bond donors (Lipinski definition) is 1. The Labute approximate surface area is 114 Å². The van der Waals surface area contributed by atoms with E-state index in [0.717, 1.165) is 23.5 Å². The van der Waals surface area contributed by atoms with Gasteiger partial charge in [-0.05, 0) is 31.0 Å². The van der Waals surface area contributed by atoms with Gasteiger partial charge in [0, 0.05) is 17.9 Å². The first-order valence-electron chi connectivity index (χ1n) is 6.32. The fourth-order valence-corrected chi connectivity index (χ4v) is 2.60. The van der Waals surface area contributed by atoms with E-state index in [1.54, 1.807) is 18.4 Å². The molecule has 2 N–H and O–H groups in total. The molecular weight excluding hydrogens is 244 g/mol. The van der Waals surface area contributed by atoms with E-state index in [9.17, 15) is 0 Å². The smallest absolute Gasteiger partial charge is 0.116 e. The van der Waals surface area contributed by atoms with Crippen LogP contribution in [0.15, 0.2) is 11.0 Å². The maximum Gasteiger partial charge on any atom is 0.116 e. The summed E-state index contributed by atoms with van der Waals surface area (Å²) in [6, 6.07) is 0. The van der Waals surface area contributed by atoms with Crippen molar-refractivity contribution in [1.29, 1.82) is 0 Å². The third-order valence-electron chi connectivity index (χ3n) is 2.65. The minimum Gasteiger partial charge on any atom is -0.380 e. The van der Waals surface area contributed by atoms with E-state index in [4.69, 9.17) is 10.5 Å². The van der Waals surface area contributed by atoms with Crippen molar-refractivity contribution < 1.29 is 4.74 Å². The van der Waals surface area contributed by atoms with Gasteiger partial charge in [-0.2, -0.15) is 0 Å². The summed E-state index contributed by atoms with van der Waals surface area (Å²) in [4.78, 5) is 4.67. The fourth-order valence-electron chi connectivity index (χ4n) is 1.57. The van der Waals surface area contributed by atoms with Crippen LogP contribution in [0.25, 0.3) is 6.08 Å². The molecule has 1 rings (SSSR count). The molecule has 0 saturated carbocycles. The highest BCUT2D eigenvalue weighted by atomic mass is 32.1. The molecule has 3 nitrogen and oxygen atoms in total. The first-order valence-corrected chi connectivity index (χ1v) is 7.19. The Balaban J connectivity index is 2.80.